The quantitative estimate of drug-likeness (QED) is 0.930. The molecular formula is C16H15ClN2O2S. The van der Waals surface area contributed by atoms with E-state index in [9.17, 15) is 9.59 Å². The van der Waals surface area contributed by atoms with Crippen LogP contribution in [0.5, 0.6) is 0 Å². The smallest absolute Gasteiger partial charge is 0.261 e. The third kappa shape index (κ3) is 3.31. The van der Waals surface area contributed by atoms with Crippen LogP contribution in [0, 0.1) is 0 Å². The third-order valence-electron chi connectivity index (χ3n) is 3.57. The number of rotatable bonds is 4. The summed E-state index contributed by atoms with van der Waals surface area (Å²) in [6.07, 6.45) is 1.54. The lowest BCUT2D eigenvalue weighted by molar-refractivity contribution is -0.117. The zero-order chi connectivity index (χ0) is 15.5. The number of benzene rings is 1. The van der Waals surface area contributed by atoms with E-state index in [0.29, 0.717) is 22.2 Å². The molecular weight excluding hydrogens is 320 g/mol. The summed E-state index contributed by atoms with van der Waals surface area (Å²) in [7, 11) is 0. The zero-order valence-corrected chi connectivity index (χ0v) is 13.4. The highest BCUT2D eigenvalue weighted by Crippen LogP contribution is 2.22. The van der Waals surface area contributed by atoms with E-state index in [-0.39, 0.29) is 11.8 Å². The minimum atomic E-state index is -0.129. The molecule has 0 bridgehead atoms. The summed E-state index contributed by atoms with van der Waals surface area (Å²) in [5.41, 5.74) is 1.91. The van der Waals surface area contributed by atoms with E-state index in [4.69, 9.17) is 11.6 Å². The third-order valence-corrected chi connectivity index (χ3v) is 4.80. The molecule has 1 saturated heterocycles. The van der Waals surface area contributed by atoms with Crippen LogP contribution in [0.1, 0.15) is 28.1 Å². The molecule has 114 valence electrons. The summed E-state index contributed by atoms with van der Waals surface area (Å²) in [4.78, 5) is 26.0. The number of carbonyl (C=O) groups is 2. The molecule has 0 radical (unpaired) electrons. The van der Waals surface area contributed by atoms with Crippen molar-refractivity contribution in [3.8, 4) is 0 Å². The largest absolute Gasteiger partial charge is 0.347 e. The fourth-order valence-corrected chi connectivity index (χ4v) is 3.38. The van der Waals surface area contributed by atoms with Gasteiger partial charge in [-0.3, -0.25) is 9.59 Å². The summed E-state index contributed by atoms with van der Waals surface area (Å²) in [6, 6.07) is 11.1. The Kier molecular flexibility index (Phi) is 4.45. The molecule has 4 nitrogen and oxygen atoms in total. The van der Waals surface area contributed by atoms with Gasteiger partial charge >= 0.3 is 0 Å². The van der Waals surface area contributed by atoms with Gasteiger partial charge in [-0.25, -0.2) is 0 Å². The first-order valence-corrected chi connectivity index (χ1v) is 8.26. The predicted molar refractivity (Wildman–Crippen MR) is 88.5 cm³/mol. The number of thiophene rings is 1. The molecule has 1 N–H and O–H groups in total. The maximum absolute atomic E-state index is 11.9. The van der Waals surface area contributed by atoms with Crippen LogP contribution in [0.3, 0.4) is 0 Å². The Bertz CT molecular complexity index is 696. The van der Waals surface area contributed by atoms with Crippen molar-refractivity contribution >= 4 is 40.4 Å². The van der Waals surface area contributed by atoms with Crippen molar-refractivity contribution in [3.63, 3.8) is 0 Å². The summed E-state index contributed by atoms with van der Waals surface area (Å²) in [6.45, 7) is 1.23. The van der Waals surface area contributed by atoms with Gasteiger partial charge in [-0.2, -0.15) is 0 Å². The fourth-order valence-electron chi connectivity index (χ4n) is 2.42. The molecule has 2 amide bonds. The number of anilines is 1. The molecule has 0 aliphatic carbocycles. The van der Waals surface area contributed by atoms with Gasteiger partial charge in [-0.05, 0) is 36.2 Å². The first-order valence-electron chi connectivity index (χ1n) is 7.06. The summed E-state index contributed by atoms with van der Waals surface area (Å²) < 4.78 is 0.602. The van der Waals surface area contributed by atoms with Crippen LogP contribution in [0.4, 0.5) is 5.69 Å². The van der Waals surface area contributed by atoms with Crippen molar-refractivity contribution in [3.05, 3.63) is 51.2 Å². The van der Waals surface area contributed by atoms with Crippen molar-refractivity contribution in [2.45, 2.75) is 19.4 Å². The molecule has 2 heterocycles. The van der Waals surface area contributed by atoms with Gasteiger partial charge < -0.3 is 10.2 Å². The van der Waals surface area contributed by atoms with Gasteiger partial charge in [0.1, 0.15) is 0 Å². The van der Waals surface area contributed by atoms with E-state index >= 15 is 0 Å². The molecule has 1 aliphatic heterocycles. The molecule has 1 aromatic heterocycles. The fraction of sp³-hybridized carbons (Fsp3) is 0.250. The number of nitrogens with one attached hydrogen (secondary N) is 1. The van der Waals surface area contributed by atoms with Crippen molar-refractivity contribution in [2.24, 2.45) is 0 Å². The monoisotopic (exact) mass is 334 g/mol. The molecule has 1 aliphatic rings. The molecule has 0 spiro atoms. The second kappa shape index (κ2) is 6.50. The van der Waals surface area contributed by atoms with Gasteiger partial charge in [0.15, 0.2) is 0 Å². The van der Waals surface area contributed by atoms with Crippen LogP contribution in [0.25, 0.3) is 0 Å². The lowest BCUT2D eigenvalue weighted by Crippen LogP contribution is -2.24. The SMILES string of the molecule is O=C(NCc1ccc(N2CCCC2=O)cc1)c1ccc(Cl)s1. The summed E-state index contributed by atoms with van der Waals surface area (Å²) in [5.74, 6) is 0.0475. The molecule has 1 fully saturated rings. The van der Waals surface area contributed by atoms with Crippen molar-refractivity contribution < 1.29 is 9.59 Å². The van der Waals surface area contributed by atoms with Crippen LogP contribution < -0.4 is 10.2 Å². The molecule has 22 heavy (non-hydrogen) atoms. The summed E-state index contributed by atoms with van der Waals surface area (Å²) >= 11 is 7.08. The molecule has 1 aromatic carbocycles. The zero-order valence-electron chi connectivity index (χ0n) is 11.8. The Morgan fingerprint density at radius 3 is 2.59 bits per heavy atom. The normalized spacial score (nSPS) is 14.4. The van der Waals surface area contributed by atoms with Crippen LogP contribution >= 0.6 is 22.9 Å². The average Bonchev–Trinajstić information content (AvgIpc) is 3.14. The highest BCUT2D eigenvalue weighted by molar-refractivity contribution is 7.17. The molecule has 2 aromatic rings. The maximum atomic E-state index is 11.9. The topological polar surface area (TPSA) is 49.4 Å². The van der Waals surface area contributed by atoms with E-state index < -0.39 is 0 Å². The lowest BCUT2D eigenvalue weighted by Gasteiger charge is -2.16. The molecule has 3 rings (SSSR count). The average molecular weight is 335 g/mol. The van der Waals surface area contributed by atoms with E-state index in [0.717, 1.165) is 24.2 Å². The molecule has 0 atom stereocenters. The molecule has 0 saturated carbocycles. The standard InChI is InChI=1S/C16H15ClN2O2S/c17-14-8-7-13(22-14)16(21)18-10-11-3-5-12(6-4-11)19-9-1-2-15(19)20/h3-8H,1-2,9-10H2,(H,18,21). The number of hydrogen-bond donors (Lipinski definition) is 1. The maximum Gasteiger partial charge on any atom is 0.261 e. The van der Waals surface area contributed by atoms with Gasteiger partial charge in [0.2, 0.25) is 5.91 Å². The van der Waals surface area contributed by atoms with Crippen LogP contribution in [-0.4, -0.2) is 18.4 Å². The van der Waals surface area contributed by atoms with Gasteiger partial charge in [0.25, 0.3) is 5.91 Å². The van der Waals surface area contributed by atoms with Gasteiger partial charge in [0.05, 0.1) is 9.21 Å². The molecule has 6 heteroatoms. The Morgan fingerprint density at radius 1 is 1.23 bits per heavy atom. The predicted octanol–water partition coefficient (Wildman–Crippen LogP) is 3.46. The van der Waals surface area contributed by atoms with Gasteiger partial charge in [0, 0.05) is 25.2 Å². The van der Waals surface area contributed by atoms with Crippen LogP contribution in [0.15, 0.2) is 36.4 Å². The number of hydrogen-bond acceptors (Lipinski definition) is 3. The van der Waals surface area contributed by atoms with Crippen LogP contribution in [-0.2, 0) is 11.3 Å². The van der Waals surface area contributed by atoms with E-state index in [1.807, 2.05) is 24.3 Å². The minimum Gasteiger partial charge on any atom is -0.347 e. The van der Waals surface area contributed by atoms with Crippen LogP contribution in [0.2, 0.25) is 4.34 Å². The second-order valence-electron chi connectivity index (χ2n) is 5.10. The van der Waals surface area contributed by atoms with Crippen molar-refractivity contribution in [1.29, 1.82) is 0 Å². The van der Waals surface area contributed by atoms with Gasteiger partial charge in [-0.1, -0.05) is 23.7 Å². The first-order chi connectivity index (χ1) is 10.6. The number of halogens is 1. The molecule has 0 unspecified atom stereocenters. The van der Waals surface area contributed by atoms with E-state index in [2.05, 4.69) is 5.32 Å². The first kappa shape index (κ1) is 15.1. The van der Waals surface area contributed by atoms with Crippen molar-refractivity contribution in [1.82, 2.24) is 5.32 Å². The summed E-state index contributed by atoms with van der Waals surface area (Å²) in [5, 5.41) is 2.86. The number of nitrogens with zero attached hydrogens (tertiary/aromatic N) is 1. The Morgan fingerprint density at radius 2 is 2.00 bits per heavy atom. The Balaban J connectivity index is 1.59. The highest BCUT2D eigenvalue weighted by Gasteiger charge is 2.21. The van der Waals surface area contributed by atoms with E-state index in [1.165, 1.54) is 11.3 Å². The second-order valence-corrected chi connectivity index (χ2v) is 6.82. The lowest BCUT2D eigenvalue weighted by atomic mass is 10.2. The van der Waals surface area contributed by atoms with Gasteiger partial charge in [-0.15, -0.1) is 11.3 Å². The number of carbonyl (C=O) groups excluding carboxylic acids is 2. The minimum absolute atomic E-state index is 0.129. The highest BCUT2D eigenvalue weighted by atomic mass is 35.5. The van der Waals surface area contributed by atoms with E-state index in [1.54, 1.807) is 17.0 Å². The van der Waals surface area contributed by atoms with Crippen molar-refractivity contribution in [2.75, 3.05) is 11.4 Å². The number of amides is 2. The Hall–Kier alpha value is -1.85. The Labute approximate surface area is 137 Å².